The Morgan fingerprint density at radius 2 is 1.78 bits per heavy atom. The molecule has 0 aliphatic carbocycles. The van der Waals surface area contributed by atoms with E-state index < -0.39 is 28.3 Å². The van der Waals surface area contributed by atoms with Crippen molar-refractivity contribution in [1.82, 2.24) is 4.31 Å². The number of carbonyl (C=O) groups is 2. The highest BCUT2D eigenvalue weighted by Gasteiger charge is 2.43. The Bertz CT molecular complexity index is 909. The third kappa shape index (κ3) is 4.03. The van der Waals surface area contributed by atoms with E-state index in [2.05, 4.69) is 0 Å². The second-order valence-electron chi connectivity index (χ2n) is 6.53. The monoisotopic (exact) mass is 387 g/mol. The van der Waals surface area contributed by atoms with Gasteiger partial charge in [0.05, 0.1) is 10.9 Å². The quantitative estimate of drug-likeness (QED) is 0.707. The summed E-state index contributed by atoms with van der Waals surface area (Å²) < 4.78 is 32.4. The molecule has 0 spiro atoms. The van der Waals surface area contributed by atoms with E-state index in [1.807, 2.05) is 37.3 Å². The Kier molecular flexibility index (Phi) is 5.60. The van der Waals surface area contributed by atoms with E-state index in [1.54, 1.807) is 12.1 Å². The average Bonchev–Trinajstić information content (AvgIpc) is 2.66. The molecule has 1 heterocycles. The predicted octanol–water partition coefficient (Wildman–Crippen LogP) is 3.62. The highest BCUT2D eigenvalue weighted by molar-refractivity contribution is 7.89. The number of hydrogen-bond acceptors (Lipinski definition) is 5. The van der Waals surface area contributed by atoms with E-state index in [4.69, 9.17) is 4.74 Å². The lowest BCUT2D eigenvalue weighted by Gasteiger charge is -2.38. The Morgan fingerprint density at radius 3 is 2.41 bits per heavy atom. The van der Waals surface area contributed by atoms with Crippen LogP contribution in [0.15, 0.2) is 59.5 Å². The molecule has 1 saturated heterocycles. The molecule has 1 fully saturated rings. The zero-order valence-electron chi connectivity index (χ0n) is 14.9. The van der Waals surface area contributed by atoms with Crippen molar-refractivity contribution in [3.63, 3.8) is 0 Å². The number of nitrogens with zero attached hydrogens (tertiary/aromatic N) is 1. The van der Waals surface area contributed by atoms with E-state index in [0.29, 0.717) is 6.42 Å². The minimum Gasteiger partial charge on any atom is -0.440 e. The third-order valence-corrected chi connectivity index (χ3v) is 6.44. The molecule has 142 valence electrons. The third-order valence-electron chi connectivity index (χ3n) is 4.61. The molecular formula is C20H21NO5S. The number of benzene rings is 2. The van der Waals surface area contributed by atoms with E-state index in [-0.39, 0.29) is 17.7 Å². The lowest BCUT2D eigenvalue weighted by molar-refractivity contribution is -0.108. The van der Waals surface area contributed by atoms with Crippen LogP contribution >= 0.6 is 0 Å². The van der Waals surface area contributed by atoms with Crippen LogP contribution in [0.3, 0.4) is 0 Å². The molecule has 0 radical (unpaired) electrons. The molecule has 1 amide bonds. The first-order chi connectivity index (χ1) is 12.9. The summed E-state index contributed by atoms with van der Waals surface area (Å²) in [5, 5.41) is 0. The fourth-order valence-electron chi connectivity index (χ4n) is 3.20. The van der Waals surface area contributed by atoms with Crippen molar-refractivity contribution in [2.24, 2.45) is 0 Å². The maximum atomic E-state index is 13.1. The Morgan fingerprint density at radius 1 is 1.11 bits per heavy atom. The second kappa shape index (κ2) is 7.92. The molecular weight excluding hydrogens is 366 g/mol. The minimum absolute atomic E-state index is 0.0271. The van der Waals surface area contributed by atoms with Gasteiger partial charge in [-0.25, -0.2) is 13.2 Å². The normalized spacial score (nSPS) is 20.2. The summed E-state index contributed by atoms with van der Waals surface area (Å²) in [6, 6.07) is 14.8. The van der Waals surface area contributed by atoms with Gasteiger partial charge in [-0.05, 0) is 31.0 Å². The summed E-state index contributed by atoms with van der Waals surface area (Å²) in [6.07, 6.45) is 0.00118. The second-order valence-corrected chi connectivity index (χ2v) is 8.35. The number of carbonyl (C=O) groups excluding carboxylic acids is 2. The van der Waals surface area contributed by atoms with Gasteiger partial charge in [0.25, 0.3) is 10.0 Å². The van der Waals surface area contributed by atoms with E-state index >= 15 is 0 Å². The maximum Gasteiger partial charge on any atom is 0.424 e. The Balaban J connectivity index is 1.94. The summed E-state index contributed by atoms with van der Waals surface area (Å²) in [4.78, 5) is 23.6. The molecule has 3 rings (SSSR count). The Hall–Kier alpha value is -2.67. The van der Waals surface area contributed by atoms with Crippen molar-refractivity contribution in [2.75, 3.05) is 0 Å². The summed E-state index contributed by atoms with van der Waals surface area (Å²) in [5.74, 6) is 0. The zero-order chi connectivity index (χ0) is 19.4. The number of ether oxygens (including phenoxy) is 1. The molecule has 1 aliphatic heterocycles. The standard InChI is InChI=1S/C20H21NO5S/c1-15-9-11-18(12-10-15)27(24,25)21-17(8-5-13-22)14-19(26-20(21)23)16-6-3-2-4-7-16/h2-4,6-7,9-13,17,19H,5,8,14H2,1H3/t17-,19+/m1/s1. The van der Waals surface area contributed by atoms with Crippen molar-refractivity contribution in [3.8, 4) is 0 Å². The van der Waals surface area contributed by atoms with Crippen molar-refractivity contribution in [3.05, 3.63) is 65.7 Å². The maximum absolute atomic E-state index is 13.1. The van der Waals surface area contributed by atoms with Crippen molar-refractivity contribution in [2.45, 2.75) is 43.2 Å². The van der Waals surface area contributed by atoms with E-state index in [1.165, 1.54) is 12.1 Å². The molecule has 7 heteroatoms. The molecule has 1 aliphatic rings. The van der Waals surface area contributed by atoms with E-state index in [9.17, 15) is 18.0 Å². The average molecular weight is 387 g/mol. The first kappa shape index (κ1) is 19.1. The molecule has 27 heavy (non-hydrogen) atoms. The molecule has 2 aromatic rings. The molecule has 0 unspecified atom stereocenters. The molecule has 2 atom stereocenters. The van der Waals surface area contributed by atoms with Crippen LogP contribution in [0.2, 0.25) is 0 Å². The van der Waals surface area contributed by atoms with Gasteiger partial charge in [0.1, 0.15) is 12.4 Å². The van der Waals surface area contributed by atoms with Crippen LogP contribution in [0.5, 0.6) is 0 Å². The molecule has 0 N–H and O–H groups in total. The summed E-state index contributed by atoms with van der Waals surface area (Å²) in [6.45, 7) is 1.85. The van der Waals surface area contributed by atoms with Crippen LogP contribution < -0.4 is 0 Å². The summed E-state index contributed by atoms with van der Waals surface area (Å²) in [7, 11) is -4.07. The van der Waals surface area contributed by atoms with Gasteiger partial charge in [-0.15, -0.1) is 0 Å². The van der Waals surface area contributed by atoms with Crippen LogP contribution in [0.4, 0.5) is 4.79 Å². The van der Waals surface area contributed by atoms with Gasteiger partial charge in [0.2, 0.25) is 0 Å². The van der Waals surface area contributed by atoms with Crippen LogP contribution in [-0.4, -0.2) is 31.1 Å². The van der Waals surface area contributed by atoms with Gasteiger partial charge >= 0.3 is 6.09 Å². The lowest BCUT2D eigenvalue weighted by Crippen LogP contribution is -2.49. The van der Waals surface area contributed by atoms with Crippen LogP contribution in [0, 0.1) is 6.92 Å². The summed E-state index contributed by atoms with van der Waals surface area (Å²) in [5.41, 5.74) is 1.71. The zero-order valence-corrected chi connectivity index (χ0v) is 15.8. The number of hydrogen-bond donors (Lipinski definition) is 0. The number of aryl methyl sites for hydroxylation is 1. The highest BCUT2D eigenvalue weighted by Crippen LogP contribution is 2.35. The van der Waals surface area contributed by atoms with Crippen LogP contribution in [0.1, 0.15) is 36.5 Å². The molecule has 2 aromatic carbocycles. The number of rotatable bonds is 6. The molecule has 6 nitrogen and oxygen atoms in total. The lowest BCUT2D eigenvalue weighted by atomic mass is 9.98. The topological polar surface area (TPSA) is 80.8 Å². The number of cyclic esters (lactones) is 1. The van der Waals surface area contributed by atoms with Crippen LogP contribution in [0.25, 0.3) is 0 Å². The first-order valence-electron chi connectivity index (χ1n) is 8.74. The molecule has 0 bridgehead atoms. The minimum atomic E-state index is -4.07. The van der Waals surface area contributed by atoms with Crippen molar-refractivity contribution < 1.29 is 22.7 Å². The van der Waals surface area contributed by atoms with Gasteiger partial charge in [0, 0.05) is 12.8 Å². The molecule has 0 saturated carbocycles. The number of amides is 1. The van der Waals surface area contributed by atoms with Gasteiger partial charge in [-0.2, -0.15) is 4.31 Å². The van der Waals surface area contributed by atoms with Crippen molar-refractivity contribution in [1.29, 1.82) is 0 Å². The SMILES string of the molecule is Cc1ccc(S(=O)(=O)N2C(=O)O[C@H](c3ccccc3)C[C@H]2CCC=O)cc1. The smallest absolute Gasteiger partial charge is 0.424 e. The van der Waals surface area contributed by atoms with Gasteiger partial charge in [0.15, 0.2) is 0 Å². The predicted molar refractivity (Wildman–Crippen MR) is 99.6 cm³/mol. The Labute approximate surface area is 158 Å². The fourth-order valence-corrected chi connectivity index (χ4v) is 4.73. The van der Waals surface area contributed by atoms with Crippen molar-refractivity contribution >= 4 is 22.4 Å². The number of aldehydes is 1. The molecule has 0 aromatic heterocycles. The van der Waals surface area contributed by atoms with Crippen LogP contribution in [-0.2, 0) is 19.6 Å². The largest absolute Gasteiger partial charge is 0.440 e. The van der Waals surface area contributed by atoms with E-state index in [0.717, 1.165) is 21.7 Å². The van der Waals surface area contributed by atoms with Gasteiger partial charge in [-0.1, -0.05) is 48.0 Å². The van der Waals surface area contributed by atoms with Gasteiger partial charge < -0.3 is 9.53 Å². The van der Waals surface area contributed by atoms with Gasteiger partial charge in [-0.3, -0.25) is 0 Å². The highest BCUT2D eigenvalue weighted by atomic mass is 32.2. The fraction of sp³-hybridized carbons (Fsp3) is 0.300. The summed E-state index contributed by atoms with van der Waals surface area (Å²) >= 11 is 0. The first-order valence-corrected chi connectivity index (χ1v) is 10.2. The number of sulfonamides is 1.